The fraction of sp³-hybridized carbons (Fsp3) is 0.158. The topological polar surface area (TPSA) is 60.5 Å². The van der Waals surface area contributed by atoms with Crippen molar-refractivity contribution in [2.75, 3.05) is 19.5 Å². The van der Waals surface area contributed by atoms with Crippen LogP contribution in [0.2, 0.25) is 0 Å². The Morgan fingerprint density at radius 1 is 1.12 bits per heavy atom. The molecule has 3 rings (SSSR count). The predicted octanol–water partition coefficient (Wildman–Crippen LogP) is 4.72. The molecule has 1 N–H and O–H groups in total. The van der Waals surface area contributed by atoms with Gasteiger partial charge < -0.3 is 14.8 Å². The molecule has 0 aliphatic rings. The Labute approximate surface area is 151 Å². The summed E-state index contributed by atoms with van der Waals surface area (Å²) in [6.45, 7) is 0. The van der Waals surface area contributed by atoms with Gasteiger partial charge in [-0.05, 0) is 29.6 Å². The lowest BCUT2D eigenvalue weighted by atomic mass is 10.1. The Hall–Kier alpha value is -2.86. The molecule has 2 aromatic heterocycles. The summed E-state index contributed by atoms with van der Waals surface area (Å²) in [5.74, 6) is 0.945. The number of carbonyl (C=O) groups is 1. The van der Waals surface area contributed by atoms with Gasteiger partial charge in [-0.2, -0.15) is 0 Å². The molecule has 0 fully saturated rings. The van der Waals surface area contributed by atoms with E-state index in [4.69, 9.17) is 9.47 Å². The number of thiophene rings is 1. The summed E-state index contributed by atoms with van der Waals surface area (Å²) in [5, 5.41) is 4.84. The van der Waals surface area contributed by atoms with E-state index in [2.05, 4.69) is 10.3 Å². The molecule has 6 heteroatoms. The van der Waals surface area contributed by atoms with E-state index in [0.717, 1.165) is 10.4 Å². The molecule has 0 spiro atoms. The number of rotatable bonds is 5. The highest BCUT2D eigenvalue weighted by atomic mass is 32.1. The lowest BCUT2D eigenvalue weighted by molar-refractivity contribution is 0.102. The van der Waals surface area contributed by atoms with Crippen LogP contribution in [0.4, 0.5) is 5.69 Å². The standard InChI is InChI=1S/C18H16N2O3S.CH4/c1-22-14-5-6-15(16(9-14)23-2)20-18(21)13-8-12(10-19-11-13)17-4-3-7-24-17;/h3-11H,1-2H3,(H,20,21);1H4. The zero-order valence-electron chi connectivity index (χ0n) is 13.3. The van der Waals surface area contributed by atoms with Gasteiger partial charge in [0.2, 0.25) is 0 Å². The molecule has 0 unspecified atom stereocenters. The number of nitrogens with one attached hydrogen (secondary N) is 1. The van der Waals surface area contributed by atoms with E-state index >= 15 is 0 Å². The van der Waals surface area contributed by atoms with Crippen LogP contribution in [0.15, 0.2) is 54.2 Å². The molecular weight excluding hydrogens is 336 g/mol. The van der Waals surface area contributed by atoms with Crippen LogP contribution < -0.4 is 14.8 Å². The van der Waals surface area contributed by atoms with Crippen LogP contribution in [0.25, 0.3) is 10.4 Å². The van der Waals surface area contributed by atoms with Crippen LogP contribution in [0.5, 0.6) is 11.5 Å². The summed E-state index contributed by atoms with van der Waals surface area (Å²) in [4.78, 5) is 17.8. The van der Waals surface area contributed by atoms with Gasteiger partial charge in [0.15, 0.2) is 0 Å². The van der Waals surface area contributed by atoms with Crippen molar-refractivity contribution < 1.29 is 14.3 Å². The number of anilines is 1. The van der Waals surface area contributed by atoms with Crippen molar-refractivity contribution in [2.24, 2.45) is 0 Å². The number of aromatic nitrogens is 1. The molecule has 2 heterocycles. The van der Waals surface area contributed by atoms with Crippen molar-refractivity contribution in [1.29, 1.82) is 0 Å². The largest absolute Gasteiger partial charge is 0.497 e. The van der Waals surface area contributed by atoms with Crippen LogP contribution in [0, 0.1) is 0 Å². The second kappa shape index (κ2) is 8.30. The zero-order chi connectivity index (χ0) is 16.9. The van der Waals surface area contributed by atoms with Gasteiger partial charge in [-0.25, -0.2) is 0 Å². The number of nitrogens with zero attached hydrogens (tertiary/aromatic N) is 1. The first-order valence-corrected chi connectivity index (χ1v) is 8.11. The Bertz CT molecular complexity index is 848. The van der Waals surface area contributed by atoms with Gasteiger partial charge in [0.25, 0.3) is 5.91 Å². The maximum Gasteiger partial charge on any atom is 0.257 e. The fourth-order valence-electron chi connectivity index (χ4n) is 2.24. The van der Waals surface area contributed by atoms with E-state index in [0.29, 0.717) is 22.7 Å². The van der Waals surface area contributed by atoms with Crippen LogP contribution in [0.3, 0.4) is 0 Å². The number of carbonyl (C=O) groups excluding carboxylic acids is 1. The highest BCUT2D eigenvalue weighted by Gasteiger charge is 2.12. The Morgan fingerprint density at radius 2 is 1.96 bits per heavy atom. The number of methoxy groups -OCH3 is 2. The van der Waals surface area contributed by atoms with Crippen molar-refractivity contribution in [2.45, 2.75) is 7.43 Å². The quantitative estimate of drug-likeness (QED) is 0.719. The number of hydrogen-bond acceptors (Lipinski definition) is 5. The van der Waals surface area contributed by atoms with E-state index in [1.165, 1.54) is 0 Å². The second-order valence-corrected chi connectivity index (χ2v) is 5.91. The minimum atomic E-state index is -0.246. The molecule has 0 aliphatic carbocycles. The van der Waals surface area contributed by atoms with Crippen molar-refractivity contribution in [3.05, 3.63) is 59.7 Å². The van der Waals surface area contributed by atoms with E-state index in [-0.39, 0.29) is 13.3 Å². The fourth-order valence-corrected chi connectivity index (χ4v) is 2.95. The van der Waals surface area contributed by atoms with Gasteiger partial charge in [0.05, 0.1) is 25.5 Å². The van der Waals surface area contributed by atoms with Gasteiger partial charge in [-0.3, -0.25) is 9.78 Å². The first-order valence-electron chi connectivity index (χ1n) is 7.23. The molecule has 0 atom stereocenters. The second-order valence-electron chi connectivity index (χ2n) is 4.96. The molecule has 1 amide bonds. The first-order chi connectivity index (χ1) is 11.7. The molecule has 25 heavy (non-hydrogen) atoms. The summed E-state index contributed by atoms with van der Waals surface area (Å²) in [6, 6.07) is 11.0. The van der Waals surface area contributed by atoms with Crippen LogP contribution >= 0.6 is 11.3 Å². The smallest absolute Gasteiger partial charge is 0.257 e. The third-order valence-corrected chi connectivity index (χ3v) is 4.38. The zero-order valence-corrected chi connectivity index (χ0v) is 14.1. The average molecular weight is 356 g/mol. The third-order valence-electron chi connectivity index (χ3n) is 3.46. The minimum absolute atomic E-state index is 0. The molecule has 130 valence electrons. The Balaban J connectivity index is 0.00000225. The monoisotopic (exact) mass is 356 g/mol. The molecular formula is C19H20N2O3S. The SMILES string of the molecule is C.COc1ccc(NC(=O)c2cncc(-c3cccs3)c2)c(OC)c1. The summed E-state index contributed by atoms with van der Waals surface area (Å²) < 4.78 is 10.5. The van der Waals surface area contributed by atoms with E-state index in [9.17, 15) is 4.79 Å². The molecule has 0 saturated heterocycles. The van der Waals surface area contributed by atoms with Crippen LogP contribution in [0.1, 0.15) is 17.8 Å². The van der Waals surface area contributed by atoms with Crippen LogP contribution in [-0.4, -0.2) is 25.1 Å². The van der Waals surface area contributed by atoms with Gasteiger partial charge in [-0.1, -0.05) is 13.5 Å². The number of ether oxygens (including phenoxy) is 2. The van der Waals surface area contributed by atoms with Crippen molar-refractivity contribution in [3.8, 4) is 21.9 Å². The highest BCUT2D eigenvalue weighted by Crippen LogP contribution is 2.30. The molecule has 5 nitrogen and oxygen atoms in total. The van der Waals surface area contributed by atoms with E-state index < -0.39 is 0 Å². The van der Waals surface area contributed by atoms with E-state index in [1.807, 2.05) is 23.6 Å². The summed E-state index contributed by atoms with van der Waals surface area (Å²) in [7, 11) is 3.12. The average Bonchev–Trinajstić information content (AvgIpc) is 3.17. The molecule has 0 bridgehead atoms. The lowest BCUT2D eigenvalue weighted by Crippen LogP contribution is -2.13. The normalized spacial score (nSPS) is 9.84. The van der Waals surface area contributed by atoms with Gasteiger partial charge in [0.1, 0.15) is 11.5 Å². The third kappa shape index (κ3) is 4.16. The maximum absolute atomic E-state index is 12.5. The van der Waals surface area contributed by atoms with E-state index in [1.54, 1.807) is 56.1 Å². The minimum Gasteiger partial charge on any atom is -0.497 e. The summed E-state index contributed by atoms with van der Waals surface area (Å²) in [6.07, 6.45) is 3.29. The van der Waals surface area contributed by atoms with Crippen molar-refractivity contribution >= 4 is 22.9 Å². The molecule has 0 radical (unpaired) electrons. The van der Waals surface area contributed by atoms with Gasteiger partial charge in [-0.15, -0.1) is 11.3 Å². The van der Waals surface area contributed by atoms with Crippen molar-refractivity contribution in [1.82, 2.24) is 4.98 Å². The summed E-state index contributed by atoms with van der Waals surface area (Å²) in [5.41, 5.74) is 1.97. The number of benzene rings is 1. The molecule has 1 aromatic carbocycles. The summed E-state index contributed by atoms with van der Waals surface area (Å²) >= 11 is 1.60. The Kier molecular flexibility index (Phi) is 6.14. The van der Waals surface area contributed by atoms with Crippen LogP contribution in [-0.2, 0) is 0 Å². The van der Waals surface area contributed by atoms with Crippen molar-refractivity contribution in [3.63, 3.8) is 0 Å². The first kappa shape index (κ1) is 18.5. The number of amides is 1. The highest BCUT2D eigenvalue weighted by molar-refractivity contribution is 7.13. The molecule has 0 saturated carbocycles. The number of hydrogen-bond donors (Lipinski definition) is 1. The number of pyridine rings is 1. The lowest BCUT2D eigenvalue weighted by Gasteiger charge is -2.11. The maximum atomic E-state index is 12.5. The molecule has 3 aromatic rings. The molecule has 0 aliphatic heterocycles. The van der Waals surface area contributed by atoms with Gasteiger partial charge >= 0.3 is 0 Å². The van der Waals surface area contributed by atoms with Gasteiger partial charge in [0, 0.05) is 28.9 Å². The predicted molar refractivity (Wildman–Crippen MR) is 102 cm³/mol. The Morgan fingerprint density at radius 3 is 2.64 bits per heavy atom.